The highest BCUT2D eigenvalue weighted by atomic mass is 35.5. The third-order valence-electron chi connectivity index (χ3n) is 3.57. The highest BCUT2D eigenvalue weighted by Crippen LogP contribution is 2.23. The zero-order valence-electron chi connectivity index (χ0n) is 11.2. The van der Waals surface area contributed by atoms with E-state index in [1.165, 1.54) is 6.42 Å². The molecule has 1 aliphatic rings. The fourth-order valence-electron chi connectivity index (χ4n) is 2.41. The van der Waals surface area contributed by atoms with E-state index >= 15 is 0 Å². The van der Waals surface area contributed by atoms with Crippen molar-refractivity contribution in [3.63, 3.8) is 0 Å². The Labute approximate surface area is 119 Å². The minimum atomic E-state index is 0.0334. The number of hydrazone groups is 1. The van der Waals surface area contributed by atoms with Gasteiger partial charge in [-0.2, -0.15) is 5.10 Å². The Kier molecular flexibility index (Phi) is 4.97. The lowest BCUT2D eigenvalue weighted by Crippen LogP contribution is -2.29. The van der Waals surface area contributed by atoms with Crippen molar-refractivity contribution < 1.29 is 4.79 Å². The van der Waals surface area contributed by atoms with Crippen LogP contribution in [-0.4, -0.2) is 11.6 Å². The summed E-state index contributed by atoms with van der Waals surface area (Å²) < 4.78 is 0. The molecule has 0 aliphatic heterocycles. The minimum Gasteiger partial charge on any atom is -0.273 e. The molecule has 1 amide bonds. The molecule has 0 aromatic heterocycles. The summed E-state index contributed by atoms with van der Waals surface area (Å²) in [5.41, 5.74) is 4.25. The Bertz CT molecular complexity index is 479. The second kappa shape index (κ2) is 6.71. The number of carbonyl (C=O) groups is 1. The number of hydrogen-bond acceptors (Lipinski definition) is 2. The number of nitrogens with one attached hydrogen (secondary N) is 1. The second-order valence-electron chi connectivity index (χ2n) is 4.99. The van der Waals surface area contributed by atoms with Gasteiger partial charge in [0.05, 0.1) is 5.71 Å². The maximum absolute atomic E-state index is 12.0. The van der Waals surface area contributed by atoms with Gasteiger partial charge in [0.25, 0.3) is 0 Å². The van der Waals surface area contributed by atoms with Crippen molar-refractivity contribution in [2.24, 2.45) is 11.0 Å². The van der Waals surface area contributed by atoms with Gasteiger partial charge in [0, 0.05) is 16.5 Å². The molecular formula is C15H19ClN2O. The van der Waals surface area contributed by atoms with E-state index in [0.717, 1.165) is 37.0 Å². The summed E-state index contributed by atoms with van der Waals surface area (Å²) in [6.07, 6.45) is 5.49. The first-order chi connectivity index (χ1) is 9.18. The van der Waals surface area contributed by atoms with Gasteiger partial charge < -0.3 is 0 Å². The van der Waals surface area contributed by atoms with E-state index in [1.54, 1.807) is 0 Å². The molecule has 0 unspecified atom stereocenters. The molecule has 2 rings (SSSR count). The highest BCUT2D eigenvalue weighted by molar-refractivity contribution is 6.34. The van der Waals surface area contributed by atoms with Crippen LogP contribution >= 0.6 is 11.6 Å². The Hall–Kier alpha value is -1.35. The predicted octanol–water partition coefficient (Wildman–Crippen LogP) is 3.76. The quantitative estimate of drug-likeness (QED) is 0.664. The van der Waals surface area contributed by atoms with Gasteiger partial charge in [-0.1, -0.05) is 49.1 Å². The lowest BCUT2D eigenvalue weighted by molar-refractivity contribution is -0.125. The number of carbonyl (C=O) groups excluding carboxylic acids is 1. The first-order valence-corrected chi connectivity index (χ1v) is 7.15. The van der Waals surface area contributed by atoms with Crippen LogP contribution in [0.25, 0.3) is 0 Å². The SMILES string of the molecule is C/C(=N\NC(=O)C1CCCCC1)c1ccccc1Cl. The first-order valence-electron chi connectivity index (χ1n) is 6.77. The van der Waals surface area contributed by atoms with E-state index in [2.05, 4.69) is 10.5 Å². The van der Waals surface area contributed by atoms with Gasteiger partial charge in [-0.25, -0.2) is 5.43 Å². The van der Waals surface area contributed by atoms with E-state index in [0.29, 0.717) is 5.02 Å². The van der Waals surface area contributed by atoms with Crippen LogP contribution in [0, 0.1) is 5.92 Å². The number of rotatable bonds is 3. The smallest absolute Gasteiger partial charge is 0.243 e. The minimum absolute atomic E-state index is 0.0334. The number of amides is 1. The molecule has 0 saturated heterocycles. The average Bonchev–Trinajstić information content (AvgIpc) is 2.46. The van der Waals surface area contributed by atoms with Gasteiger partial charge >= 0.3 is 0 Å². The zero-order chi connectivity index (χ0) is 13.7. The zero-order valence-corrected chi connectivity index (χ0v) is 11.9. The fourth-order valence-corrected chi connectivity index (χ4v) is 2.68. The van der Waals surface area contributed by atoms with Crippen LogP contribution in [0.15, 0.2) is 29.4 Å². The molecule has 0 atom stereocenters. The topological polar surface area (TPSA) is 41.5 Å². The van der Waals surface area contributed by atoms with Gasteiger partial charge in [0.1, 0.15) is 0 Å². The second-order valence-corrected chi connectivity index (χ2v) is 5.40. The van der Waals surface area contributed by atoms with Crippen LogP contribution in [0.1, 0.15) is 44.6 Å². The van der Waals surface area contributed by atoms with Crippen molar-refractivity contribution in [1.29, 1.82) is 0 Å². The van der Waals surface area contributed by atoms with E-state index < -0.39 is 0 Å². The van der Waals surface area contributed by atoms with Crippen molar-refractivity contribution in [2.45, 2.75) is 39.0 Å². The number of nitrogens with zero attached hydrogens (tertiary/aromatic N) is 1. The van der Waals surface area contributed by atoms with Crippen LogP contribution in [0.4, 0.5) is 0 Å². The van der Waals surface area contributed by atoms with Crippen molar-refractivity contribution in [3.8, 4) is 0 Å². The normalized spacial score (nSPS) is 17.3. The summed E-state index contributed by atoms with van der Waals surface area (Å²) in [5.74, 6) is 0.155. The Morgan fingerprint density at radius 1 is 1.26 bits per heavy atom. The molecule has 1 aliphatic carbocycles. The monoisotopic (exact) mass is 278 g/mol. The number of hydrogen-bond donors (Lipinski definition) is 1. The Balaban J connectivity index is 1.98. The molecule has 1 saturated carbocycles. The van der Waals surface area contributed by atoms with E-state index in [9.17, 15) is 4.79 Å². The molecule has 0 bridgehead atoms. The van der Waals surface area contributed by atoms with Crippen LogP contribution in [0.5, 0.6) is 0 Å². The summed E-state index contributed by atoms with van der Waals surface area (Å²) in [6.45, 7) is 1.85. The van der Waals surface area contributed by atoms with Gasteiger partial charge in [0.2, 0.25) is 5.91 Å². The molecule has 102 valence electrons. The third kappa shape index (κ3) is 3.80. The maximum atomic E-state index is 12.0. The maximum Gasteiger partial charge on any atom is 0.243 e. The highest BCUT2D eigenvalue weighted by Gasteiger charge is 2.20. The van der Waals surface area contributed by atoms with Crippen LogP contribution in [-0.2, 0) is 4.79 Å². The molecule has 0 radical (unpaired) electrons. The van der Waals surface area contributed by atoms with Crippen molar-refractivity contribution in [2.75, 3.05) is 0 Å². The lowest BCUT2D eigenvalue weighted by Gasteiger charge is -2.19. The van der Waals surface area contributed by atoms with Crippen molar-refractivity contribution in [1.82, 2.24) is 5.43 Å². The van der Waals surface area contributed by atoms with Gasteiger partial charge in [-0.15, -0.1) is 0 Å². The predicted molar refractivity (Wildman–Crippen MR) is 78.4 cm³/mol. The number of benzene rings is 1. The molecule has 19 heavy (non-hydrogen) atoms. The lowest BCUT2D eigenvalue weighted by atomic mass is 9.89. The Morgan fingerprint density at radius 2 is 1.95 bits per heavy atom. The molecule has 4 heteroatoms. The fraction of sp³-hybridized carbons (Fsp3) is 0.467. The van der Waals surface area contributed by atoms with Crippen LogP contribution < -0.4 is 5.43 Å². The molecular weight excluding hydrogens is 260 g/mol. The van der Waals surface area contributed by atoms with Gasteiger partial charge in [-0.3, -0.25) is 4.79 Å². The molecule has 1 aromatic rings. The molecule has 1 aromatic carbocycles. The van der Waals surface area contributed by atoms with Crippen LogP contribution in [0.3, 0.4) is 0 Å². The average molecular weight is 279 g/mol. The van der Waals surface area contributed by atoms with Crippen molar-refractivity contribution in [3.05, 3.63) is 34.9 Å². The van der Waals surface area contributed by atoms with E-state index in [-0.39, 0.29) is 11.8 Å². The summed E-state index contributed by atoms with van der Waals surface area (Å²) in [6, 6.07) is 7.50. The summed E-state index contributed by atoms with van der Waals surface area (Å²) in [5, 5.41) is 4.81. The summed E-state index contributed by atoms with van der Waals surface area (Å²) in [4.78, 5) is 12.0. The van der Waals surface area contributed by atoms with E-state index in [1.807, 2.05) is 31.2 Å². The standard InChI is InChI=1S/C15H19ClN2O/c1-11(13-9-5-6-10-14(13)16)17-18-15(19)12-7-3-2-4-8-12/h5-6,9-10,12H,2-4,7-8H2,1H3,(H,18,19)/b17-11+. The van der Waals surface area contributed by atoms with E-state index in [4.69, 9.17) is 11.6 Å². The largest absolute Gasteiger partial charge is 0.273 e. The van der Waals surface area contributed by atoms with Crippen molar-refractivity contribution >= 4 is 23.2 Å². The van der Waals surface area contributed by atoms with Gasteiger partial charge in [-0.05, 0) is 25.8 Å². The first kappa shape index (κ1) is 14.1. The van der Waals surface area contributed by atoms with Crippen LogP contribution in [0.2, 0.25) is 5.02 Å². The third-order valence-corrected chi connectivity index (χ3v) is 3.90. The molecule has 3 nitrogen and oxygen atoms in total. The number of halogens is 1. The molecule has 0 heterocycles. The van der Waals surface area contributed by atoms with Gasteiger partial charge in [0.15, 0.2) is 0 Å². The summed E-state index contributed by atoms with van der Waals surface area (Å²) in [7, 11) is 0. The molecule has 0 spiro atoms. The Morgan fingerprint density at radius 3 is 2.63 bits per heavy atom. The molecule has 1 fully saturated rings. The summed E-state index contributed by atoms with van der Waals surface area (Å²) >= 11 is 6.09. The molecule has 1 N–H and O–H groups in total.